The average molecular weight is 679 g/mol. The molecule has 7 aromatic carbocycles. The van der Waals surface area contributed by atoms with Gasteiger partial charge in [-0.3, -0.25) is 0 Å². The summed E-state index contributed by atoms with van der Waals surface area (Å²) in [7, 11) is -4.52. The van der Waals surface area contributed by atoms with Crippen molar-refractivity contribution in [2.75, 3.05) is 0 Å². The summed E-state index contributed by atoms with van der Waals surface area (Å²) < 4.78 is 0. The fourth-order valence-corrected chi connectivity index (χ4v) is 18.1. The van der Waals surface area contributed by atoms with Crippen LogP contribution in [0.5, 0.6) is 0 Å². The van der Waals surface area contributed by atoms with E-state index < -0.39 is 16.1 Å². The zero-order chi connectivity index (χ0) is 33.9. The van der Waals surface area contributed by atoms with Crippen molar-refractivity contribution in [2.24, 2.45) is 0 Å². The van der Waals surface area contributed by atoms with Gasteiger partial charge in [0.15, 0.2) is 0 Å². The molecule has 0 saturated heterocycles. The molecule has 50 heavy (non-hydrogen) atoms. The van der Waals surface area contributed by atoms with Gasteiger partial charge in [0.2, 0.25) is 0 Å². The van der Waals surface area contributed by atoms with E-state index in [1.807, 2.05) is 0 Å². The predicted octanol–water partition coefficient (Wildman–Crippen LogP) is 9.69. The Morgan fingerprint density at radius 1 is 0.220 bits per heavy atom. The minimum Gasteiger partial charge on any atom is -0.0636 e. The summed E-state index contributed by atoms with van der Waals surface area (Å²) in [6.07, 6.45) is 0. The van der Waals surface area contributed by atoms with Gasteiger partial charge in [0, 0.05) is 0 Å². The van der Waals surface area contributed by atoms with Crippen molar-refractivity contribution in [3.05, 3.63) is 240 Å². The molecular formula is C48H46Si2. The lowest BCUT2D eigenvalue weighted by molar-refractivity contribution is 1.14. The minimum atomic E-state index is -2.26. The van der Waals surface area contributed by atoms with Crippen molar-refractivity contribution in [3.8, 4) is 0 Å². The summed E-state index contributed by atoms with van der Waals surface area (Å²) in [4.78, 5) is 0. The van der Waals surface area contributed by atoms with Crippen LogP contribution in [0.1, 0.15) is 33.4 Å². The Kier molecular flexibility index (Phi) is 10.8. The molecule has 0 fully saturated rings. The molecule has 0 atom stereocenters. The van der Waals surface area contributed by atoms with E-state index in [4.69, 9.17) is 0 Å². The van der Waals surface area contributed by atoms with E-state index in [-0.39, 0.29) is 0 Å². The minimum absolute atomic E-state index is 1.10. The number of hydrogen-bond donors (Lipinski definition) is 0. The first kappa shape index (κ1) is 33.5. The fraction of sp³-hybridized carbons (Fsp3) is 0.125. The molecule has 0 amide bonds. The highest BCUT2D eigenvalue weighted by Gasteiger charge is 2.40. The lowest BCUT2D eigenvalue weighted by Gasteiger charge is -2.37. The van der Waals surface area contributed by atoms with Gasteiger partial charge in [-0.25, -0.2) is 0 Å². The first-order valence-electron chi connectivity index (χ1n) is 18.0. The summed E-state index contributed by atoms with van der Waals surface area (Å²) in [5.41, 5.74) is 8.65. The molecule has 0 saturated carbocycles. The normalized spacial score (nSPS) is 11.7. The Labute approximate surface area is 301 Å². The lowest BCUT2D eigenvalue weighted by atomic mass is 10.2. The van der Waals surface area contributed by atoms with Gasteiger partial charge in [-0.2, -0.15) is 0 Å². The lowest BCUT2D eigenvalue weighted by Crippen LogP contribution is -2.60. The highest BCUT2D eigenvalue weighted by Crippen LogP contribution is 2.26. The Bertz CT molecular complexity index is 1680. The van der Waals surface area contributed by atoms with Crippen LogP contribution >= 0.6 is 0 Å². The van der Waals surface area contributed by atoms with Gasteiger partial charge < -0.3 is 0 Å². The van der Waals surface area contributed by atoms with Crippen molar-refractivity contribution >= 4 is 26.5 Å². The Balaban J connectivity index is 1.43. The second-order valence-electron chi connectivity index (χ2n) is 14.1. The van der Waals surface area contributed by atoms with Crippen LogP contribution in [0.4, 0.5) is 0 Å². The largest absolute Gasteiger partial charge is 0.0995 e. The Morgan fingerprint density at radius 3 is 0.620 bits per heavy atom. The second-order valence-corrected chi connectivity index (χ2v) is 22.5. The van der Waals surface area contributed by atoms with Crippen molar-refractivity contribution in [3.63, 3.8) is 0 Å². The summed E-state index contributed by atoms with van der Waals surface area (Å²) in [6.45, 7) is 0. The van der Waals surface area contributed by atoms with Crippen LogP contribution < -0.4 is 10.4 Å². The fourth-order valence-electron chi connectivity index (χ4n) is 8.09. The molecule has 0 aromatic heterocycles. The van der Waals surface area contributed by atoms with Crippen LogP contribution in [0.25, 0.3) is 0 Å². The third-order valence-electron chi connectivity index (χ3n) is 10.4. The van der Waals surface area contributed by atoms with E-state index in [9.17, 15) is 0 Å². The molecule has 2 heteroatoms. The van der Waals surface area contributed by atoms with E-state index in [2.05, 4.69) is 206 Å². The van der Waals surface area contributed by atoms with Gasteiger partial charge in [-0.15, -0.1) is 0 Å². The van der Waals surface area contributed by atoms with Crippen LogP contribution in [0.3, 0.4) is 0 Å². The van der Waals surface area contributed by atoms with Gasteiger partial charge in [-0.05, 0) is 36.3 Å². The molecule has 0 aliphatic rings. The van der Waals surface area contributed by atoms with Gasteiger partial charge >= 0.3 is 0 Å². The predicted molar refractivity (Wildman–Crippen MR) is 218 cm³/mol. The summed E-state index contributed by atoms with van der Waals surface area (Å²) >= 11 is 0. The molecule has 0 bridgehead atoms. The van der Waals surface area contributed by atoms with Crippen molar-refractivity contribution in [1.82, 2.24) is 0 Å². The van der Waals surface area contributed by atoms with Gasteiger partial charge in [0.25, 0.3) is 0 Å². The second kappa shape index (κ2) is 16.1. The van der Waals surface area contributed by atoms with Crippen LogP contribution in [-0.4, -0.2) is 16.1 Å². The third-order valence-corrected chi connectivity index (χ3v) is 20.0. The highest BCUT2D eigenvalue weighted by molar-refractivity contribution is 6.93. The molecule has 0 spiro atoms. The zero-order valence-electron chi connectivity index (χ0n) is 28.9. The summed E-state index contributed by atoms with van der Waals surface area (Å²) in [6, 6.07) is 84.4. The van der Waals surface area contributed by atoms with Gasteiger partial charge in [-0.1, -0.05) is 250 Å². The molecule has 246 valence electrons. The number of rotatable bonds is 14. The summed E-state index contributed by atoms with van der Waals surface area (Å²) in [5, 5.41) is 3.16. The quantitative estimate of drug-likeness (QED) is 0.101. The smallest absolute Gasteiger partial charge is 0.0636 e. The van der Waals surface area contributed by atoms with Crippen molar-refractivity contribution in [1.29, 1.82) is 0 Å². The maximum absolute atomic E-state index is 2.72. The topological polar surface area (TPSA) is 0 Å². The molecule has 0 aliphatic heterocycles. The average Bonchev–Trinajstić information content (AvgIpc) is 3.17. The van der Waals surface area contributed by atoms with Crippen LogP contribution in [-0.2, 0) is 36.3 Å². The van der Waals surface area contributed by atoms with E-state index in [0.29, 0.717) is 0 Å². The van der Waals surface area contributed by atoms with Crippen molar-refractivity contribution in [2.45, 2.75) is 36.3 Å². The van der Waals surface area contributed by atoms with Gasteiger partial charge in [0.1, 0.15) is 0 Å². The number of benzene rings is 7. The van der Waals surface area contributed by atoms with E-state index >= 15 is 0 Å². The Hall–Kier alpha value is -5.03. The summed E-state index contributed by atoms with van der Waals surface area (Å²) in [5.74, 6) is 0. The first-order valence-corrected chi connectivity index (χ1v) is 23.3. The standard InChI is InChI=1S/C48H46Si2/c1-7-20-41(21-8-1)35-49(36-42-22-9-2-10-23-42,37-43-24-11-3-12-25-43)47-32-19-33-48(34-47)50(38-44-26-13-4-14-27-44,39-45-28-15-5-16-29-45)40-46-30-17-6-18-31-46/h1-34H,35-40H2. The molecule has 0 nitrogen and oxygen atoms in total. The molecule has 0 radical (unpaired) electrons. The molecule has 0 heterocycles. The molecule has 7 rings (SSSR count). The van der Waals surface area contributed by atoms with Gasteiger partial charge in [0.05, 0.1) is 16.1 Å². The van der Waals surface area contributed by atoms with Crippen LogP contribution in [0.2, 0.25) is 0 Å². The van der Waals surface area contributed by atoms with E-state index in [0.717, 1.165) is 36.3 Å². The monoisotopic (exact) mass is 678 g/mol. The SMILES string of the molecule is c1ccc(C[Si](Cc2ccccc2)(Cc2ccccc2)c2cccc([Si](Cc3ccccc3)(Cc3ccccc3)Cc3ccccc3)c2)cc1. The molecule has 7 aromatic rings. The third kappa shape index (κ3) is 8.39. The molecule has 0 aliphatic carbocycles. The van der Waals surface area contributed by atoms with Crippen LogP contribution in [0, 0.1) is 0 Å². The maximum Gasteiger partial charge on any atom is 0.0995 e. The molecule has 0 N–H and O–H groups in total. The first-order chi connectivity index (χ1) is 24.7. The van der Waals surface area contributed by atoms with E-state index in [1.165, 1.54) is 33.4 Å². The number of hydrogen-bond acceptors (Lipinski definition) is 0. The Morgan fingerprint density at radius 2 is 0.420 bits per heavy atom. The molecule has 0 unspecified atom stereocenters. The van der Waals surface area contributed by atoms with Crippen LogP contribution in [0.15, 0.2) is 206 Å². The van der Waals surface area contributed by atoms with Crippen molar-refractivity contribution < 1.29 is 0 Å². The van der Waals surface area contributed by atoms with E-state index in [1.54, 1.807) is 10.4 Å². The molecular weight excluding hydrogens is 633 g/mol. The highest BCUT2D eigenvalue weighted by atomic mass is 28.3. The maximum atomic E-state index is 2.72. The zero-order valence-corrected chi connectivity index (χ0v) is 30.9.